The fraction of sp³-hybridized carbons (Fsp3) is 0.929. The molecule has 1 saturated heterocycles. The van der Waals surface area contributed by atoms with Crippen LogP contribution >= 0.6 is 0 Å². The SMILES string of the molecule is CN=C(NCCOCCS(C)(=O)=O)N1CC(C)CC(C)C1. The third kappa shape index (κ3) is 7.66. The van der Waals surface area contributed by atoms with Crippen LogP contribution < -0.4 is 5.32 Å². The van der Waals surface area contributed by atoms with Crippen LogP contribution in [-0.4, -0.2) is 71.2 Å². The zero-order chi connectivity index (χ0) is 15.9. The third-order valence-corrected chi connectivity index (χ3v) is 4.42. The van der Waals surface area contributed by atoms with Gasteiger partial charge in [0, 0.05) is 32.9 Å². The molecule has 0 aromatic heterocycles. The highest BCUT2D eigenvalue weighted by Crippen LogP contribution is 2.20. The number of ether oxygens (including phenoxy) is 1. The molecule has 2 unspecified atom stereocenters. The van der Waals surface area contributed by atoms with Crippen molar-refractivity contribution in [2.45, 2.75) is 20.3 Å². The number of likely N-dealkylation sites (tertiary alicyclic amines) is 1. The fourth-order valence-corrected chi connectivity index (χ4v) is 3.14. The molecule has 124 valence electrons. The van der Waals surface area contributed by atoms with E-state index in [9.17, 15) is 8.42 Å². The lowest BCUT2D eigenvalue weighted by molar-refractivity contribution is 0.151. The number of sulfone groups is 1. The normalized spacial score (nSPS) is 24.2. The molecule has 1 aliphatic rings. The number of aliphatic imine (C=N–C) groups is 1. The number of piperidine rings is 1. The Balaban J connectivity index is 2.26. The van der Waals surface area contributed by atoms with E-state index in [0.717, 1.165) is 19.0 Å². The van der Waals surface area contributed by atoms with E-state index in [1.165, 1.54) is 12.7 Å². The van der Waals surface area contributed by atoms with Crippen LogP contribution in [0.5, 0.6) is 0 Å². The number of guanidine groups is 1. The number of hydrogen-bond donors (Lipinski definition) is 1. The molecule has 0 bridgehead atoms. The van der Waals surface area contributed by atoms with E-state index in [-0.39, 0.29) is 12.4 Å². The summed E-state index contributed by atoms with van der Waals surface area (Å²) in [7, 11) is -1.15. The van der Waals surface area contributed by atoms with Crippen molar-refractivity contribution in [2.75, 3.05) is 51.9 Å². The Labute approximate surface area is 128 Å². The largest absolute Gasteiger partial charge is 0.379 e. The van der Waals surface area contributed by atoms with Crippen LogP contribution in [0.1, 0.15) is 20.3 Å². The summed E-state index contributed by atoms with van der Waals surface area (Å²) < 4.78 is 27.2. The fourth-order valence-electron chi connectivity index (χ4n) is 2.72. The Bertz CT molecular complexity index is 427. The van der Waals surface area contributed by atoms with Crippen LogP contribution in [0.25, 0.3) is 0 Å². The molecule has 1 heterocycles. The molecule has 7 heteroatoms. The van der Waals surface area contributed by atoms with Crippen molar-refractivity contribution in [3.8, 4) is 0 Å². The van der Waals surface area contributed by atoms with Crippen LogP contribution in [-0.2, 0) is 14.6 Å². The number of nitrogens with one attached hydrogen (secondary N) is 1. The molecule has 0 saturated carbocycles. The van der Waals surface area contributed by atoms with Crippen molar-refractivity contribution in [1.82, 2.24) is 10.2 Å². The Morgan fingerprint density at radius 1 is 1.29 bits per heavy atom. The standard InChI is InChI=1S/C14H29N3O3S/c1-12-9-13(2)11-17(10-12)14(15-3)16-5-6-20-7-8-21(4,18)19/h12-13H,5-11H2,1-4H3,(H,15,16). The lowest BCUT2D eigenvalue weighted by Crippen LogP contribution is -2.49. The smallest absolute Gasteiger partial charge is 0.193 e. The molecule has 6 nitrogen and oxygen atoms in total. The predicted octanol–water partition coefficient (Wildman–Crippen LogP) is 0.601. The molecular formula is C14H29N3O3S. The maximum absolute atomic E-state index is 11.0. The Morgan fingerprint density at radius 2 is 1.90 bits per heavy atom. The second kappa shape index (κ2) is 8.58. The van der Waals surface area contributed by atoms with Gasteiger partial charge in [-0.05, 0) is 18.3 Å². The Kier molecular flexibility index (Phi) is 7.45. The van der Waals surface area contributed by atoms with Gasteiger partial charge in [0.05, 0.1) is 19.0 Å². The average Bonchev–Trinajstić information content (AvgIpc) is 2.35. The lowest BCUT2D eigenvalue weighted by atomic mass is 9.92. The molecule has 21 heavy (non-hydrogen) atoms. The quantitative estimate of drug-likeness (QED) is 0.441. The van der Waals surface area contributed by atoms with Gasteiger partial charge in [-0.3, -0.25) is 4.99 Å². The van der Waals surface area contributed by atoms with Crippen molar-refractivity contribution in [3.05, 3.63) is 0 Å². The molecule has 1 rings (SSSR count). The highest BCUT2D eigenvalue weighted by molar-refractivity contribution is 7.90. The molecule has 0 aromatic rings. The summed E-state index contributed by atoms with van der Waals surface area (Å²) >= 11 is 0. The van der Waals surface area contributed by atoms with Gasteiger partial charge in [0.2, 0.25) is 0 Å². The summed E-state index contributed by atoms with van der Waals surface area (Å²) in [6.07, 6.45) is 2.48. The first-order valence-electron chi connectivity index (χ1n) is 7.53. The molecule has 1 aliphatic heterocycles. The summed E-state index contributed by atoms with van der Waals surface area (Å²) in [5.74, 6) is 2.33. The summed E-state index contributed by atoms with van der Waals surface area (Å²) in [5, 5.41) is 3.28. The highest BCUT2D eigenvalue weighted by Gasteiger charge is 2.23. The molecule has 2 atom stereocenters. The minimum Gasteiger partial charge on any atom is -0.379 e. The van der Waals surface area contributed by atoms with E-state index in [1.807, 2.05) is 0 Å². The lowest BCUT2D eigenvalue weighted by Gasteiger charge is -2.37. The topological polar surface area (TPSA) is 71.0 Å². The zero-order valence-corrected chi connectivity index (χ0v) is 14.4. The Morgan fingerprint density at radius 3 is 2.43 bits per heavy atom. The van der Waals surface area contributed by atoms with Crippen LogP contribution in [0.4, 0.5) is 0 Å². The minimum absolute atomic E-state index is 0.0723. The molecule has 0 aliphatic carbocycles. The maximum atomic E-state index is 11.0. The summed E-state index contributed by atoms with van der Waals surface area (Å²) in [4.78, 5) is 6.60. The van der Waals surface area contributed by atoms with Gasteiger partial charge in [-0.15, -0.1) is 0 Å². The van der Waals surface area contributed by atoms with Gasteiger partial charge in [-0.1, -0.05) is 13.8 Å². The van der Waals surface area contributed by atoms with Gasteiger partial charge in [0.25, 0.3) is 0 Å². The van der Waals surface area contributed by atoms with Gasteiger partial charge in [-0.25, -0.2) is 8.42 Å². The number of nitrogens with zero attached hydrogens (tertiary/aromatic N) is 2. The summed E-state index contributed by atoms with van der Waals surface area (Å²) in [6, 6.07) is 0. The van der Waals surface area contributed by atoms with Crippen molar-refractivity contribution in [1.29, 1.82) is 0 Å². The van der Waals surface area contributed by atoms with E-state index in [2.05, 4.69) is 29.1 Å². The maximum Gasteiger partial charge on any atom is 0.193 e. The molecule has 0 spiro atoms. The first kappa shape index (κ1) is 18.2. The zero-order valence-electron chi connectivity index (χ0n) is 13.6. The summed E-state index contributed by atoms with van der Waals surface area (Å²) in [6.45, 7) is 7.95. The molecule has 0 amide bonds. The van der Waals surface area contributed by atoms with E-state index in [4.69, 9.17) is 4.74 Å². The van der Waals surface area contributed by atoms with E-state index in [1.54, 1.807) is 7.05 Å². The van der Waals surface area contributed by atoms with Crippen LogP contribution in [0.3, 0.4) is 0 Å². The van der Waals surface area contributed by atoms with Gasteiger partial charge in [-0.2, -0.15) is 0 Å². The molecule has 0 radical (unpaired) electrons. The second-order valence-corrected chi connectivity index (χ2v) is 8.33. The van der Waals surface area contributed by atoms with Crippen LogP contribution in [0.15, 0.2) is 4.99 Å². The van der Waals surface area contributed by atoms with Crippen LogP contribution in [0, 0.1) is 11.8 Å². The molecular weight excluding hydrogens is 290 g/mol. The van der Waals surface area contributed by atoms with Gasteiger partial charge < -0.3 is 15.0 Å². The first-order valence-corrected chi connectivity index (χ1v) is 9.59. The van der Waals surface area contributed by atoms with E-state index < -0.39 is 9.84 Å². The van der Waals surface area contributed by atoms with Crippen molar-refractivity contribution < 1.29 is 13.2 Å². The monoisotopic (exact) mass is 319 g/mol. The predicted molar refractivity (Wildman–Crippen MR) is 86.4 cm³/mol. The summed E-state index contributed by atoms with van der Waals surface area (Å²) in [5.41, 5.74) is 0. The van der Waals surface area contributed by atoms with E-state index >= 15 is 0 Å². The third-order valence-electron chi connectivity index (χ3n) is 3.51. The van der Waals surface area contributed by atoms with Crippen LogP contribution in [0.2, 0.25) is 0 Å². The molecule has 1 N–H and O–H groups in total. The molecule has 1 fully saturated rings. The van der Waals surface area contributed by atoms with Crippen molar-refractivity contribution >= 4 is 15.8 Å². The van der Waals surface area contributed by atoms with E-state index in [0.29, 0.717) is 25.0 Å². The van der Waals surface area contributed by atoms with Crippen molar-refractivity contribution in [3.63, 3.8) is 0 Å². The Hall–Kier alpha value is -0.820. The molecule has 0 aromatic carbocycles. The number of hydrogen-bond acceptors (Lipinski definition) is 4. The number of rotatable bonds is 6. The highest BCUT2D eigenvalue weighted by atomic mass is 32.2. The first-order chi connectivity index (χ1) is 9.81. The average molecular weight is 319 g/mol. The second-order valence-electron chi connectivity index (χ2n) is 6.07. The minimum atomic E-state index is -2.94. The van der Waals surface area contributed by atoms with Crippen molar-refractivity contribution in [2.24, 2.45) is 16.8 Å². The van der Waals surface area contributed by atoms with Gasteiger partial charge >= 0.3 is 0 Å². The van der Waals surface area contributed by atoms with Gasteiger partial charge in [0.15, 0.2) is 5.96 Å². The van der Waals surface area contributed by atoms with Gasteiger partial charge in [0.1, 0.15) is 9.84 Å².